The molecule has 0 bridgehead atoms. The molecule has 9 heteroatoms. The molecule has 7 nitrogen and oxygen atoms in total. The average molecular weight is 564 g/mol. The van der Waals surface area contributed by atoms with Crippen molar-refractivity contribution in [2.45, 2.75) is 13.5 Å². The Hall–Kier alpha value is -1.91. The van der Waals surface area contributed by atoms with E-state index in [1.807, 2.05) is 49.2 Å². The molecule has 0 unspecified atom stereocenters. The SMILES string of the molecule is CCNC(=NCc1ccc(OCCO)c(OC)c1)N(C)CCOc1ccc(Cl)cc1.I. The maximum atomic E-state index is 8.92. The molecule has 0 saturated carbocycles. The van der Waals surface area contributed by atoms with Crippen LogP contribution in [0.4, 0.5) is 0 Å². The van der Waals surface area contributed by atoms with Gasteiger partial charge in [-0.25, -0.2) is 4.99 Å². The molecule has 2 aromatic carbocycles. The summed E-state index contributed by atoms with van der Waals surface area (Å²) in [6, 6.07) is 13.0. The van der Waals surface area contributed by atoms with E-state index in [2.05, 4.69) is 5.32 Å². The fraction of sp³-hybridized carbons (Fsp3) is 0.409. The van der Waals surface area contributed by atoms with Crippen LogP contribution in [0, 0.1) is 0 Å². The van der Waals surface area contributed by atoms with Crippen molar-refractivity contribution in [3.63, 3.8) is 0 Å². The summed E-state index contributed by atoms with van der Waals surface area (Å²) in [5.74, 6) is 2.79. The summed E-state index contributed by atoms with van der Waals surface area (Å²) in [6.07, 6.45) is 0. The van der Waals surface area contributed by atoms with Crippen molar-refractivity contribution in [1.82, 2.24) is 10.2 Å². The van der Waals surface area contributed by atoms with E-state index in [0.717, 1.165) is 23.8 Å². The maximum absolute atomic E-state index is 8.92. The summed E-state index contributed by atoms with van der Waals surface area (Å²) in [5, 5.41) is 12.9. The molecule has 0 spiro atoms. The number of aliphatic imine (C=N–C) groups is 1. The van der Waals surface area contributed by atoms with E-state index in [4.69, 9.17) is 35.9 Å². The third-order valence-electron chi connectivity index (χ3n) is 4.19. The third-order valence-corrected chi connectivity index (χ3v) is 4.45. The van der Waals surface area contributed by atoms with Crippen molar-refractivity contribution >= 4 is 41.5 Å². The van der Waals surface area contributed by atoms with Gasteiger partial charge in [0.25, 0.3) is 0 Å². The van der Waals surface area contributed by atoms with E-state index >= 15 is 0 Å². The topological polar surface area (TPSA) is 75.6 Å². The molecule has 0 atom stereocenters. The van der Waals surface area contributed by atoms with Crippen molar-refractivity contribution < 1.29 is 19.3 Å². The molecule has 0 radical (unpaired) electrons. The number of rotatable bonds is 11. The normalized spacial score (nSPS) is 10.8. The zero-order valence-corrected chi connectivity index (χ0v) is 21.2. The highest BCUT2D eigenvalue weighted by molar-refractivity contribution is 14.0. The van der Waals surface area contributed by atoms with Crippen LogP contribution in [0.25, 0.3) is 0 Å². The Kier molecular flexibility index (Phi) is 13.1. The Balaban J connectivity index is 0.00000480. The van der Waals surface area contributed by atoms with Gasteiger partial charge in [-0.05, 0) is 48.9 Å². The van der Waals surface area contributed by atoms with E-state index in [9.17, 15) is 0 Å². The molecule has 0 amide bonds. The number of halogens is 2. The van der Waals surface area contributed by atoms with Crippen LogP contribution in [0.15, 0.2) is 47.5 Å². The molecule has 2 N–H and O–H groups in total. The van der Waals surface area contributed by atoms with Crippen LogP contribution < -0.4 is 19.5 Å². The van der Waals surface area contributed by atoms with Gasteiger partial charge in [0.2, 0.25) is 0 Å². The minimum atomic E-state index is -0.0463. The van der Waals surface area contributed by atoms with Gasteiger partial charge in [0.1, 0.15) is 19.0 Å². The minimum absolute atomic E-state index is 0. The molecule has 31 heavy (non-hydrogen) atoms. The smallest absolute Gasteiger partial charge is 0.194 e. The standard InChI is InChI=1S/C22H30ClN3O4.HI/c1-4-24-22(26(2)11-13-29-19-8-6-18(23)7-9-19)25-16-17-5-10-20(30-14-12-27)21(15-17)28-3;/h5-10,15,27H,4,11-14,16H2,1-3H3,(H,24,25);1H. The predicted molar refractivity (Wildman–Crippen MR) is 135 cm³/mol. The van der Waals surface area contributed by atoms with E-state index in [0.29, 0.717) is 36.2 Å². The first kappa shape index (κ1) is 27.1. The summed E-state index contributed by atoms with van der Waals surface area (Å²) in [6.45, 7) is 4.65. The van der Waals surface area contributed by atoms with Gasteiger partial charge in [0.15, 0.2) is 17.5 Å². The molecule has 0 aliphatic carbocycles. The lowest BCUT2D eigenvalue weighted by Gasteiger charge is -2.22. The summed E-state index contributed by atoms with van der Waals surface area (Å²) in [7, 11) is 3.56. The van der Waals surface area contributed by atoms with E-state index in [1.54, 1.807) is 19.2 Å². The second-order valence-corrected chi connectivity index (χ2v) is 6.89. The molecule has 0 aromatic heterocycles. The predicted octanol–water partition coefficient (Wildman–Crippen LogP) is 3.81. The number of guanidine groups is 1. The monoisotopic (exact) mass is 563 g/mol. The van der Waals surface area contributed by atoms with Gasteiger partial charge in [-0.1, -0.05) is 17.7 Å². The number of hydrogen-bond acceptors (Lipinski definition) is 5. The number of methoxy groups -OCH3 is 1. The Morgan fingerprint density at radius 1 is 1.10 bits per heavy atom. The average Bonchev–Trinajstić information content (AvgIpc) is 2.76. The van der Waals surface area contributed by atoms with Crippen LogP contribution in [-0.4, -0.2) is 63.0 Å². The molecule has 0 fully saturated rings. The van der Waals surface area contributed by atoms with Gasteiger partial charge in [0, 0.05) is 18.6 Å². The summed E-state index contributed by atoms with van der Waals surface area (Å²) in [4.78, 5) is 6.73. The Morgan fingerprint density at radius 2 is 1.84 bits per heavy atom. The first-order chi connectivity index (χ1) is 14.6. The highest BCUT2D eigenvalue weighted by atomic mass is 127. The van der Waals surface area contributed by atoms with Crippen LogP contribution in [0.2, 0.25) is 5.02 Å². The van der Waals surface area contributed by atoms with Crippen molar-refractivity contribution in [1.29, 1.82) is 0 Å². The van der Waals surface area contributed by atoms with Crippen molar-refractivity contribution in [3.8, 4) is 17.2 Å². The van der Waals surface area contributed by atoms with Gasteiger partial charge in [-0.15, -0.1) is 24.0 Å². The van der Waals surface area contributed by atoms with Crippen LogP contribution in [-0.2, 0) is 6.54 Å². The van der Waals surface area contributed by atoms with Crippen LogP contribution in [0.3, 0.4) is 0 Å². The molecule has 0 heterocycles. The zero-order valence-electron chi connectivity index (χ0n) is 18.1. The number of likely N-dealkylation sites (N-methyl/N-ethyl adjacent to an activating group) is 1. The molecular formula is C22H31ClIN3O4. The molecular weight excluding hydrogens is 533 g/mol. The maximum Gasteiger partial charge on any atom is 0.194 e. The number of aliphatic hydroxyl groups excluding tert-OH is 1. The second kappa shape index (κ2) is 15.0. The number of ether oxygens (including phenoxy) is 3. The number of nitrogens with one attached hydrogen (secondary N) is 1. The molecule has 0 aliphatic heterocycles. The van der Waals surface area contributed by atoms with Gasteiger partial charge in [-0.3, -0.25) is 0 Å². The van der Waals surface area contributed by atoms with Crippen LogP contribution >= 0.6 is 35.6 Å². The van der Waals surface area contributed by atoms with Gasteiger partial charge < -0.3 is 29.5 Å². The molecule has 2 rings (SSSR count). The number of benzene rings is 2. The van der Waals surface area contributed by atoms with E-state index in [1.165, 1.54) is 0 Å². The Labute approximate surface area is 206 Å². The van der Waals surface area contributed by atoms with Crippen molar-refractivity contribution in [2.75, 3.05) is 47.1 Å². The third kappa shape index (κ3) is 9.40. The number of hydrogen-bond donors (Lipinski definition) is 2. The highest BCUT2D eigenvalue weighted by Crippen LogP contribution is 2.28. The van der Waals surface area contributed by atoms with Crippen LogP contribution in [0.5, 0.6) is 17.2 Å². The van der Waals surface area contributed by atoms with Gasteiger partial charge in [0.05, 0.1) is 26.8 Å². The second-order valence-electron chi connectivity index (χ2n) is 6.45. The lowest BCUT2D eigenvalue weighted by molar-refractivity contribution is 0.196. The summed E-state index contributed by atoms with van der Waals surface area (Å²) >= 11 is 5.90. The molecule has 0 aliphatic rings. The molecule has 0 saturated heterocycles. The quantitative estimate of drug-likeness (QED) is 0.246. The van der Waals surface area contributed by atoms with Gasteiger partial charge in [-0.2, -0.15) is 0 Å². The van der Waals surface area contributed by atoms with E-state index < -0.39 is 0 Å². The van der Waals surface area contributed by atoms with Crippen LogP contribution in [0.1, 0.15) is 12.5 Å². The summed E-state index contributed by atoms with van der Waals surface area (Å²) in [5.41, 5.74) is 0.990. The van der Waals surface area contributed by atoms with Crippen molar-refractivity contribution in [2.24, 2.45) is 4.99 Å². The van der Waals surface area contributed by atoms with Crippen molar-refractivity contribution in [3.05, 3.63) is 53.1 Å². The molecule has 2 aromatic rings. The fourth-order valence-corrected chi connectivity index (χ4v) is 2.78. The lowest BCUT2D eigenvalue weighted by Crippen LogP contribution is -2.40. The Morgan fingerprint density at radius 3 is 2.48 bits per heavy atom. The number of aliphatic hydroxyl groups is 1. The van der Waals surface area contributed by atoms with E-state index in [-0.39, 0.29) is 37.2 Å². The Bertz CT molecular complexity index is 806. The lowest BCUT2D eigenvalue weighted by atomic mass is 10.2. The summed E-state index contributed by atoms with van der Waals surface area (Å²) < 4.78 is 16.6. The number of nitrogens with zero attached hydrogens (tertiary/aromatic N) is 2. The fourth-order valence-electron chi connectivity index (χ4n) is 2.66. The first-order valence-electron chi connectivity index (χ1n) is 9.85. The zero-order chi connectivity index (χ0) is 21.8. The minimum Gasteiger partial charge on any atom is -0.493 e. The molecule has 172 valence electrons. The first-order valence-corrected chi connectivity index (χ1v) is 10.2. The largest absolute Gasteiger partial charge is 0.493 e. The van der Waals surface area contributed by atoms with Gasteiger partial charge >= 0.3 is 0 Å². The highest BCUT2D eigenvalue weighted by Gasteiger charge is 2.08.